The second-order valence-corrected chi connectivity index (χ2v) is 4.67. The Morgan fingerprint density at radius 2 is 1.62 bits per heavy atom. The van der Waals surface area contributed by atoms with Crippen LogP contribution in [0.4, 0.5) is 13.2 Å². The van der Waals surface area contributed by atoms with Crippen LogP contribution in [0.3, 0.4) is 0 Å². The van der Waals surface area contributed by atoms with Crippen molar-refractivity contribution < 1.29 is 18.0 Å². The smallest absolute Gasteiger partial charge is 0.194 e. The van der Waals surface area contributed by atoms with Crippen LogP contribution < -0.4 is 0 Å². The van der Waals surface area contributed by atoms with Gasteiger partial charge >= 0.3 is 0 Å². The van der Waals surface area contributed by atoms with Gasteiger partial charge in [0.15, 0.2) is 23.2 Å². The summed E-state index contributed by atoms with van der Waals surface area (Å²) < 4.78 is 39.2. The van der Waals surface area contributed by atoms with Gasteiger partial charge < -0.3 is 0 Å². The number of Topliss-reactive ketones (excluding diaryl/α,β-unsaturated/α-hetero) is 1. The van der Waals surface area contributed by atoms with E-state index in [2.05, 4.69) is 0 Å². The quantitative estimate of drug-likeness (QED) is 0.628. The molecule has 0 amide bonds. The third-order valence-electron chi connectivity index (χ3n) is 2.86. The Bertz CT molecular complexity index is 715. The van der Waals surface area contributed by atoms with Crippen molar-refractivity contribution in [3.05, 3.63) is 70.0 Å². The van der Waals surface area contributed by atoms with E-state index in [0.29, 0.717) is 22.7 Å². The van der Waals surface area contributed by atoms with Gasteiger partial charge in [0, 0.05) is 10.6 Å². The number of hydrogen-bond donors (Lipinski definition) is 0. The molecule has 0 fully saturated rings. The van der Waals surface area contributed by atoms with Crippen molar-refractivity contribution in [2.45, 2.75) is 5.92 Å². The molecule has 1 atom stereocenters. The summed E-state index contributed by atoms with van der Waals surface area (Å²) in [5.74, 6) is -6.70. The normalized spacial score (nSPS) is 11.8. The van der Waals surface area contributed by atoms with Crippen molar-refractivity contribution in [2.75, 3.05) is 0 Å². The van der Waals surface area contributed by atoms with E-state index in [1.165, 1.54) is 24.3 Å². The number of carbonyl (C=O) groups is 1. The number of halogens is 4. The van der Waals surface area contributed by atoms with Crippen LogP contribution in [-0.4, -0.2) is 5.78 Å². The first-order chi connectivity index (χ1) is 9.93. The maximum absolute atomic E-state index is 13.2. The molecular formula is C15H7ClF3NO. The summed E-state index contributed by atoms with van der Waals surface area (Å²) >= 11 is 5.71. The van der Waals surface area contributed by atoms with Crippen molar-refractivity contribution in [2.24, 2.45) is 0 Å². The predicted molar refractivity (Wildman–Crippen MR) is 70.5 cm³/mol. The van der Waals surface area contributed by atoms with E-state index in [0.717, 1.165) is 0 Å². The lowest BCUT2D eigenvalue weighted by atomic mass is 9.92. The van der Waals surface area contributed by atoms with Crippen LogP contribution in [0, 0.1) is 28.8 Å². The Balaban J connectivity index is 2.42. The fourth-order valence-electron chi connectivity index (χ4n) is 1.80. The van der Waals surface area contributed by atoms with E-state index >= 15 is 0 Å². The van der Waals surface area contributed by atoms with E-state index < -0.39 is 34.7 Å². The summed E-state index contributed by atoms with van der Waals surface area (Å²) in [6, 6.07) is 8.80. The van der Waals surface area contributed by atoms with Gasteiger partial charge in [-0.15, -0.1) is 0 Å². The number of hydrogen-bond acceptors (Lipinski definition) is 2. The summed E-state index contributed by atoms with van der Waals surface area (Å²) in [5.41, 5.74) is -0.0788. The minimum atomic E-state index is -1.66. The molecule has 0 aliphatic heterocycles. The minimum absolute atomic E-state index is 0.331. The van der Waals surface area contributed by atoms with Crippen LogP contribution >= 0.6 is 11.6 Å². The van der Waals surface area contributed by atoms with Crippen LogP contribution in [0.25, 0.3) is 0 Å². The topological polar surface area (TPSA) is 40.9 Å². The van der Waals surface area contributed by atoms with Gasteiger partial charge in [0.25, 0.3) is 0 Å². The highest BCUT2D eigenvalue weighted by molar-refractivity contribution is 6.30. The fourth-order valence-corrected chi connectivity index (χ4v) is 1.93. The molecule has 2 rings (SSSR count). The lowest BCUT2D eigenvalue weighted by Gasteiger charge is -2.09. The van der Waals surface area contributed by atoms with Gasteiger partial charge in [0.2, 0.25) is 0 Å². The Kier molecular flexibility index (Phi) is 4.29. The van der Waals surface area contributed by atoms with Crippen molar-refractivity contribution in [1.29, 1.82) is 5.26 Å². The van der Waals surface area contributed by atoms with E-state index in [1.807, 2.05) is 0 Å². The minimum Gasteiger partial charge on any atom is -0.292 e. The van der Waals surface area contributed by atoms with Crippen molar-refractivity contribution >= 4 is 17.4 Å². The van der Waals surface area contributed by atoms with Gasteiger partial charge in [0.1, 0.15) is 5.92 Å². The summed E-state index contributed by atoms with van der Waals surface area (Å²) in [6.07, 6.45) is 0. The first-order valence-electron chi connectivity index (χ1n) is 5.78. The molecule has 0 saturated heterocycles. The van der Waals surface area contributed by atoms with Crippen LogP contribution in [-0.2, 0) is 0 Å². The van der Waals surface area contributed by atoms with Gasteiger partial charge in [-0.05, 0) is 29.8 Å². The lowest BCUT2D eigenvalue weighted by Crippen LogP contribution is -2.12. The van der Waals surface area contributed by atoms with Crippen LogP contribution in [0.5, 0.6) is 0 Å². The zero-order valence-corrected chi connectivity index (χ0v) is 11.2. The summed E-state index contributed by atoms with van der Waals surface area (Å²) in [4.78, 5) is 12.2. The van der Waals surface area contributed by atoms with E-state index in [-0.39, 0.29) is 0 Å². The van der Waals surface area contributed by atoms with Crippen molar-refractivity contribution in [3.63, 3.8) is 0 Å². The van der Waals surface area contributed by atoms with E-state index in [1.54, 1.807) is 6.07 Å². The molecular weight excluding hydrogens is 303 g/mol. The molecule has 106 valence electrons. The fraction of sp³-hybridized carbons (Fsp3) is 0.0667. The van der Waals surface area contributed by atoms with Crippen LogP contribution in [0.2, 0.25) is 5.02 Å². The highest BCUT2D eigenvalue weighted by Crippen LogP contribution is 2.24. The number of carbonyl (C=O) groups excluding carboxylic acids is 1. The van der Waals surface area contributed by atoms with Gasteiger partial charge in [-0.1, -0.05) is 23.7 Å². The number of nitriles is 1. The Hall–Kier alpha value is -2.32. The SMILES string of the molecule is N#CC(C(=O)c1cc(F)c(F)c(F)c1)c1ccc(Cl)cc1. The first kappa shape index (κ1) is 15.1. The van der Waals surface area contributed by atoms with E-state index in [9.17, 15) is 18.0 Å². The molecule has 0 radical (unpaired) electrons. The molecule has 0 saturated carbocycles. The Labute approximate surface area is 123 Å². The molecule has 0 bridgehead atoms. The third-order valence-corrected chi connectivity index (χ3v) is 3.11. The second-order valence-electron chi connectivity index (χ2n) is 4.23. The van der Waals surface area contributed by atoms with Crippen molar-refractivity contribution in [3.8, 4) is 6.07 Å². The van der Waals surface area contributed by atoms with Gasteiger partial charge in [-0.2, -0.15) is 5.26 Å². The Morgan fingerprint density at radius 1 is 1.10 bits per heavy atom. The number of benzene rings is 2. The molecule has 6 heteroatoms. The molecule has 0 spiro atoms. The number of ketones is 1. The monoisotopic (exact) mass is 309 g/mol. The number of nitrogens with zero attached hydrogens (tertiary/aromatic N) is 1. The van der Waals surface area contributed by atoms with Crippen LogP contribution in [0.1, 0.15) is 21.8 Å². The lowest BCUT2D eigenvalue weighted by molar-refractivity contribution is 0.0977. The first-order valence-corrected chi connectivity index (χ1v) is 6.15. The molecule has 21 heavy (non-hydrogen) atoms. The molecule has 2 nitrogen and oxygen atoms in total. The van der Waals surface area contributed by atoms with Gasteiger partial charge in [0.05, 0.1) is 6.07 Å². The maximum Gasteiger partial charge on any atom is 0.194 e. The molecule has 0 heterocycles. The molecule has 0 N–H and O–H groups in total. The average Bonchev–Trinajstić information content (AvgIpc) is 2.46. The van der Waals surface area contributed by atoms with Gasteiger partial charge in [-0.3, -0.25) is 4.79 Å². The summed E-state index contributed by atoms with van der Waals surface area (Å²) in [7, 11) is 0. The molecule has 1 unspecified atom stereocenters. The zero-order valence-electron chi connectivity index (χ0n) is 10.4. The second kappa shape index (κ2) is 5.98. The zero-order chi connectivity index (χ0) is 15.6. The largest absolute Gasteiger partial charge is 0.292 e. The maximum atomic E-state index is 13.2. The van der Waals surface area contributed by atoms with E-state index in [4.69, 9.17) is 16.9 Å². The molecule has 2 aromatic carbocycles. The van der Waals surface area contributed by atoms with Crippen LogP contribution in [0.15, 0.2) is 36.4 Å². The highest BCUT2D eigenvalue weighted by atomic mass is 35.5. The summed E-state index contributed by atoms with van der Waals surface area (Å²) in [5, 5.41) is 9.53. The number of rotatable bonds is 3. The van der Waals surface area contributed by atoms with Crippen molar-refractivity contribution in [1.82, 2.24) is 0 Å². The molecule has 0 aromatic heterocycles. The molecule has 0 aliphatic carbocycles. The summed E-state index contributed by atoms with van der Waals surface area (Å²) in [6.45, 7) is 0. The predicted octanol–water partition coefficient (Wildman–Crippen LogP) is 4.25. The van der Waals surface area contributed by atoms with Gasteiger partial charge in [-0.25, -0.2) is 13.2 Å². The Morgan fingerprint density at radius 3 is 2.10 bits per heavy atom. The standard InChI is InChI=1S/C15H7ClF3NO/c16-10-3-1-8(2-4-10)11(7-20)15(21)9-5-12(17)14(19)13(18)6-9/h1-6,11H. The highest BCUT2D eigenvalue weighted by Gasteiger charge is 2.24. The third kappa shape index (κ3) is 3.06. The molecule has 0 aliphatic rings. The average molecular weight is 310 g/mol. The molecule has 2 aromatic rings.